The van der Waals surface area contributed by atoms with Crippen LogP contribution in [0.1, 0.15) is 48.9 Å². The summed E-state index contributed by atoms with van der Waals surface area (Å²) in [5.41, 5.74) is 1.28. The van der Waals surface area contributed by atoms with Crippen LogP contribution in [-0.2, 0) is 9.59 Å². The molecule has 10 heteroatoms. The van der Waals surface area contributed by atoms with Gasteiger partial charge in [-0.1, -0.05) is 39.2 Å². The first-order chi connectivity index (χ1) is 16.8. The molecule has 0 N–H and O–H groups in total. The van der Waals surface area contributed by atoms with Crippen LogP contribution in [0.3, 0.4) is 0 Å². The number of benzene rings is 2. The summed E-state index contributed by atoms with van der Waals surface area (Å²) < 4.78 is 0.804. The summed E-state index contributed by atoms with van der Waals surface area (Å²) in [5, 5.41) is 11.3. The molecular formula is C25H23BrClN3O5. The van der Waals surface area contributed by atoms with E-state index in [9.17, 15) is 24.5 Å². The molecule has 0 saturated carbocycles. The van der Waals surface area contributed by atoms with Gasteiger partial charge in [-0.25, -0.2) is 4.90 Å². The van der Waals surface area contributed by atoms with Gasteiger partial charge in [-0.3, -0.25) is 24.5 Å². The van der Waals surface area contributed by atoms with Gasteiger partial charge in [0, 0.05) is 22.6 Å². The summed E-state index contributed by atoms with van der Waals surface area (Å²) in [5.74, 6) is -1.45. The van der Waals surface area contributed by atoms with E-state index in [2.05, 4.69) is 22.0 Å². The third kappa shape index (κ3) is 5.46. The number of halogens is 2. The maximum absolute atomic E-state index is 13.6. The van der Waals surface area contributed by atoms with Crippen LogP contribution in [-0.4, -0.2) is 40.1 Å². The molecule has 35 heavy (non-hydrogen) atoms. The van der Waals surface area contributed by atoms with Crippen molar-refractivity contribution in [3.05, 3.63) is 79.3 Å². The molecule has 2 aromatic rings. The number of hydrogen-bond donors (Lipinski definition) is 0. The number of nitro benzene ring substituents is 1. The smallest absolute Gasteiger partial charge is 0.288 e. The Kier molecular flexibility index (Phi) is 7.66. The number of hydrogen-bond acceptors (Lipinski definition) is 5. The van der Waals surface area contributed by atoms with E-state index >= 15 is 0 Å². The summed E-state index contributed by atoms with van der Waals surface area (Å²) in [6.07, 6.45) is 6.67. The summed E-state index contributed by atoms with van der Waals surface area (Å²) >= 11 is 9.26. The van der Waals surface area contributed by atoms with E-state index in [0.717, 1.165) is 41.1 Å². The van der Waals surface area contributed by atoms with Gasteiger partial charge in [0.25, 0.3) is 17.5 Å². The number of amides is 3. The summed E-state index contributed by atoms with van der Waals surface area (Å²) in [7, 11) is 0. The number of imide groups is 1. The minimum absolute atomic E-state index is 0.0427. The highest BCUT2D eigenvalue weighted by Crippen LogP contribution is 2.31. The van der Waals surface area contributed by atoms with Crippen molar-refractivity contribution in [3.8, 4) is 0 Å². The van der Waals surface area contributed by atoms with E-state index in [1.807, 2.05) is 0 Å². The fourth-order valence-electron chi connectivity index (χ4n) is 4.47. The molecule has 0 aromatic heterocycles. The monoisotopic (exact) mass is 559 g/mol. The lowest BCUT2D eigenvalue weighted by Crippen LogP contribution is -2.46. The number of anilines is 1. The van der Waals surface area contributed by atoms with Crippen LogP contribution >= 0.6 is 27.5 Å². The van der Waals surface area contributed by atoms with Crippen LogP contribution in [0.4, 0.5) is 11.4 Å². The molecule has 4 rings (SSSR count). The van der Waals surface area contributed by atoms with Gasteiger partial charge in [0.1, 0.15) is 11.1 Å². The van der Waals surface area contributed by atoms with Gasteiger partial charge < -0.3 is 4.90 Å². The Morgan fingerprint density at radius 3 is 2.57 bits per heavy atom. The number of nitro groups is 1. The third-order valence-electron chi connectivity index (χ3n) is 6.29. The van der Waals surface area contributed by atoms with E-state index in [1.54, 1.807) is 24.3 Å². The Morgan fingerprint density at radius 2 is 1.91 bits per heavy atom. The molecule has 1 unspecified atom stereocenters. The van der Waals surface area contributed by atoms with E-state index < -0.39 is 34.4 Å². The van der Waals surface area contributed by atoms with Crippen molar-refractivity contribution in [3.63, 3.8) is 0 Å². The van der Waals surface area contributed by atoms with Crippen LogP contribution in [0, 0.1) is 10.1 Å². The fourth-order valence-corrected chi connectivity index (χ4v) is 4.92. The fraction of sp³-hybridized carbons (Fsp3) is 0.320. The minimum Gasteiger partial charge on any atom is -0.326 e. The Morgan fingerprint density at radius 1 is 1.17 bits per heavy atom. The largest absolute Gasteiger partial charge is 0.326 e. The molecule has 2 aromatic carbocycles. The molecule has 0 bridgehead atoms. The van der Waals surface area contributed by atoms with Crippen LogP contribution in [0.15, 0.2) is 58.6 Å². The first-order valence-electron chi connectivity index (χ1n) is 11.3. The standard InChI is InChI=1S/C25H23BrClN3O5/c26-18-7-9-19(10-8-18)29-23(31)15-22(25(29)33)28(13-12-16-4-2-1-3-5-16)24(32)17-6-11-20(27)21(14-17)30(34)35/h4,6-11,14,22H,1-3,5,12-13,15H2. The van der Waals surface area contributed by atoms with E-state index in [0.29, 0.717) is 12.1 Å². The SMILES string of the molecule is O=C1CC(N(CCC2=CCCCC2)C(=O)c2ccc(Cl)c([N+](=O)[O-])c2)C(=O)N1c1ccc(Br)cc1. The van der Waals surface area contributed by atoms with Gasteiger partial charge >= 0.3 is 0 Å². The minimum atomic E-state index is -1.00. The molecule has 3 amide bonds. The second-order valence-electron chi connectivity index (χ2n) is 8.54. The molecule has 1 aliphatic heterocycles. The quantitative estimate of drug-likeness (QED) is 0.188. The third-order valence-corrected chi connectivity index (χ3v) is 7.14. The van der Waals surface area contributed by atoms with Crippen molar-refractivity contribution < 1.29 is 19.3 Å². The van der Waals surface area contributed by atoms with Crippen molar-refractivity contribution in [2.45, 2.75) is 44.6 Å². The van der Waals surface area contributed by atoms with Crippen LogP contribution in [0.5, 0.6) is 0 Å². The lowest BCUT2D eigenvalue weighted by Gasteiger charge is -2.28. The molecule has 2 aliphatic rings. The van der Waals surface area contributed by atoms with Gasteiger partial charge in [0.2, 0.25) is 5.91 Å². The zero-order valence-corrected chi connectivity index (χ0v) is 21.1. The van der Waals surface area contributed by atoms with Crippen molar-refractivity contribution in [1.29, 1.82) is 0 Å². The summed E-state index contributed by atoms with van der Waals surface area (Å²) in [4.78, 5) is 53.0. The van der Waals surface area contributed by atoms with Crippen molar-refractivity contribution >= 4 is 56.6 Å². The lowest BCUT2D eigenvalue weighted by molar-refractivity contribution is -0.384. The maximum Gasteiger partial charge on any atom is 0.288 e. The average molecular weight is 561 g/mol. The number of carbonyl (C=O) groups excluding carboxylic acids is 3. The highest BCUT2D eigenvalue weighted by molar-refractivity contribution is 9.10. The Labute approximate surface area is 215 Å². The lowest BCUT2D eigenvalue weighted by atomic mass is 9.96. The van der Waals surface area contributed by atoms with Crippen molar-refractivity contribution in [2.75, 3.05) is 11.4 Å². The Balaban J connectivity index is 1.65. The first-order valence-corrected chi connectivity index (χ1v) is 12.5. The highest BCUT2D eigenvalue weighted by atomic mass is 79.9. The molecule has 1 aliphatic carbocycles. The second-order valence-corrected chi connectivity index (χ2v) is 9.87. The molecule has 1 atom stereocenters. The molecule has 1 fully saturated rings. The maximum atomic E-state index is 13.6. The summed E-state index contributed by atoms with van der Waals surface area (Å²) in [6.45, 7) is 0.221. The predicted octanol–water partition coefficient (Wildman–Crippen LogP) is 5.68. The second kappa shape index (κ2) is 10.7. The Hall–Kier alpha value is -3.04. The molecule has 182 valence electrons. The molecule has 1 heterocycles. The predicted molar refractivity (Wildman–Crippen MR) is 135 cm³/mol. The van der Waals surface area contributed by atoms with Gasteiger partial charge in [0.05, 0.1) is 17.0 Å². The van der Waals surface area contributed by atoms with Gasteiger partial charge in [-0.2, -0.15) is 0 Å². The van der Waals surface area contributed by atoms with Gasteiger partial charge in [-0.15, -0.1) is 0 Å². The topological polar surface area (TPSA) is 101 Å². The normalized spacial score (nSPS) is 17.9. The van der Waals surface area contributed by atoms with Crippen molar-refractivity contribution in [2.24, 2.45) is 0 Å². The van der Waals surface area contributed by atoms with Gasteiger partial charge in [0.15, 0.2) is 0 Å². The van der Waals surface area contributed by atoms with Gasteiger partial charge in [-0.05, 0) is 68.5 Å². The number of allylic oxidation sites excluding steroid dienone is 1. The van der Waals surface area contributed by atoms with E-state index in [4.69, 9.17) is 11.6 Å². The number of rotatable bonds is 7. The van der Waals surface area contributed by atoms with E-state index in [-0.39, 0.29) is 23.6 Å². The molecule has 1 saturated heterocycles. The number of nitrogens with zero attached hydrogens (tertiary/aromatic N) is 3. The van der Waals surface area contributed by atoms with E-state index in [1.165, 1.54) is 22.6 Å². The van der Waals surface area contributed by atoms with Crippen molar-refractivity contribution in [1.82, 2.24) is 4.90 Å². The first kappa shape index (κ1) is 25.1. The molecule has 0 spiro atoms. The molecular weight excluding hydrogens is 538 g/mol. The zero-order chi connectivity index (χ0) is 25.1. The van der Waals surface area contributed by atoms with Crippen LogP contribution < -0.4 is 4.90 Å². The number of carbonyl (C=O) groups is 3. The Bertz CT molecular complexity index is 1210. The molecule has 0 radical (unpaired) electrons. The zero-order valence-electron chi connectivity index (χ0n) is 18.8. The molecule has 8 nitrogen and oxygen atoms in total. The summed E-state index contributed by atoms with van der Waals surface area (Å²) in [6, 6.07) is 9.59. The highest BCUT2D eigenvalue weighted by Gasteiger charge is 2.44. The average Bonchev–Trinajstić information content (AvgIpc) is 3.14. The van der Waals surface area contributed by atoms with Crippen LogP contribution in [0.25, 0.3) is 0 Å². The van der Waals surface area contributed by atoms with Crippen LogP contribution in [0.2, 0.25) is 5.02 Å².